The van der Waals surface area contributed by atoms with Crippen molar-refractivity contribution in [3.8, 4) is 5.75 Å². The van der Waals surface area contributed by atoms with Gasteiger partial charge >= 0.3 is 0 Å². The van der Waals surface area contributed by atoms with E-state index < -0.39 is 5.54 Å². The molecule has 7 heteroatoms. The van der Waals surface area contributed by atoms with Crippen molar-refractivity contribution in [1.29, 1.82) is 0 Å². The molecule has 1 aromatic heterocycles. The summed E-state index contributed by atoms with van der Waals surface area (Å²) in [6.45, 7) is 2.59. The number of rotatable bonds is 4. The van der Waals surface area contributed by atoms with E-state index in [-0.39, 0.29) is 30.8 Å². The van der Waals surface area contributed by atoms with Gasteiger partial charge in [0.2, 0.25) is 5.91 Å². The molecule has 2 atom stereocenters. The van der Waals surface area contributed by atoms with Crippen molar-refractivity contribution in [1.82, 2.24) is 14.8 Å². The molecule has 1 N–H and O–H groups in total. The number of ether oxygens (including phenoxy) is 1. The smallest absolute Gasteiger partial charge is 0.255 e. The first-order valence-corrected chi connectivity index (χ1v) is 12.4. The van der Waals surface area contributed by atoms with Crippen molar-refractivity contribution in [2.24, 2.45) is 0 Å². The number of aromatic amines is 1. The predicted molar refractivity (Wildman–Crippen MR) is 139 cm³/mol. The summed E-state index contributed by atoms with van der Waals surface area (Å²) in [5, 5.41) is 1.65. The molecule has 1 fully saturated rings. The van der Waals surface area contributed by atoms with Crippen molar-refractivity contribution in [3.05, 3.63) is 100 Å². The van der Waals surface area contributed by atoms with Gasteiger partial charge in [0, 0.05) is 34.9 Å². The van der Waals surface area contributed by atoms with E-state index in [1.807, 2.05) is 67.6 Å². The summed E-state index contributed by atoms with van der Waals surface area (Å²) in [6.07, 6.45) is 0. The summed E-state index contributed by atoms with van der Waals surface area (Å²) < 4.78 is 5.35. The van der Waals surface area contributed by atoms with Crippen LogP contribution in [0, 0.1) is 0 Å². The zero-order chi connectivity index (χ0) is 25.0. The zero-order valence-corrected chi connectivity index (χ0v) is 20.9. The number of hydrogen-bond donors (Lipinski definition) is 1. The number of amides is 2. The van der Waals surface area contributed by atoms with Crippen LogP contribution in [0.2, 0.25) is 5.02 Å². The Morgan fingerprint density at radius 2 is 1.75 bits per heavy atom. The molecule has 36 heavy (non-hydrogen) atoms. The van der Waals surface area contributed by atoms with Gasteiger partial charge in [0.25, 0.3) is 5.91 Å². The summed E-state index contributed by atoms with van der Waals surface area (Å²) in [6, 6.07) is 23.5. The van der Waals surface area contributed by atoms with Crippen LogP contribution in [0.1, 0.15) is 35.2 Å². The molecule has 3 aromatic carbocycles. The molecule has 0 saturated carbocycles. The third-order valence-electron chi connectivity index (χ3n) is 7.65. The molecule has 0 spiro atoms. The fourth-order valence-electron chi connectivity index (χ4n) is 5.77. The van der Waals surface area contributed by atoms with E-state index >= 15 is 0 Å². The first-order chi connectivity index (χ1) is 17.4. The summed E-state index contributed by atoms with van der Waals surface area (Å²) in [7, 11) is 1.64. The van der Waals surface area contributed by atoms with Crippen LogP contribution in [0.25, 0.3) is 10.9 Å². The molecule has 1 saturated heterocycles. The van der Waals surface area contributed by atoms with Gasteiger partial charge in [-0.1, -0.05) is 60.1 Å². The van der Waals surface area contributed by atoms with Gasteiger partial charge in [0.05, 0.1) is 12.8 Å². The second-order valence-corrected chi connectivity index (χ2v) is 10.0. The highest BCUT2D eigenvalue weighted by Gasteiger charge is 2.56. The van der Waals surface area contributed by atoms with E-state index in [0.29, 0.717) is 11.6 Å². The number of benzene rings is 3. The first kappa shape index (κ1) is 22.7. The molecular formula is C29H26ClN3O3. The highest BCUT2D eigenvalue weighted by molar-refractivity contribution is 6.31. The van der Waals surface area contributed by atoms with Crippen LogP contribution in [-0.2, 0) is 21.7 Å². The zero-order valence-electron chi connectivity index (χ0n) is 20.1. The summed E-state index contributed by atoms with van der Waals surface area (Å²) >= 11 is 6.39. The molecule has 2 aliphatic heterocycles. The Bertz CT molecular complexity index is 1500. The standard InChI is InChI=1S/C29H26ClN3O3/c1-29-27-26(21-8-4-6-10-24(21)31-27)22(18-11-13-20(36-2)14-12-18)16-33(29)25(34)17-32(28(29)35)15-19-7-3-5-9-23(19)30/h3-14,22,31H,15-17H2,1-2H3/t22?,29-/m0/s1. The maximum atomic E-state index is 14.2. The van der Waals surface area contributed by atoms with Crippen molar-refractivity contribution in [2.45, 2.75) is 24.9 Å². The van der Waals surface area contributed by atoms with Gasteiger partial charge < -0.3 is 19.5 Å². The number of piperazine rings is 1. The lowest BCUT2D eigenvalue weighted by Crippen LogP contribution is -2.67. The number of methoxy groups -OCH3 is 1. The Labute approximate surface area is 214 Å². The van der Waals surface area contributed by atoms with E-state index in [2.05, 4.69) is 11.1 Å². The number of hydrogen-bond acceptors (Lipinski definition) is 3. The topological polar surface area (TPSA) is 65.6 Å². The van der Waals surface area contributed by atoms with Crippen LogP contribution in [0.15, 0.2) is 72.8 Å². The minimum atomic E-state index is -1.14. The number of H-pyrrole nitrogens is 1. The van der Waals surface area contributed by atoms with E-state index in [4.69, 9.17) is 16.3 Å². The van der Waals surface area contributed by atoms with Gasteiger partial charge in [-0.3, -0.25) is 9.59 Å². The lowest BCUT2D eigenvalue weighted by molar-refractivity contribution is -0.166. The monoisotopic (exact) mass is 499 g/mol. The number of aromatic nitrogens is 1. The number of carbonyl (C=O) groups is 2. The molecule has 0 aliphatic carbocycles. The number of halogens is 1. The molecule has 2 amide bonds. The molecule has 0 bridgehead atoms. The molecule has 0 radical (unpaired) electrons. The van der Waals surface area contributed by atoms with Gasteiger partial charge in [0.15, 0.2) is 5.54 Å². The molecular weight excluding hydrogens is 474 g/mol. The number of para-hydroxylation sites is 1. The van der Waals surface area contributed by atoms with E-state index in [1.165, 1.54) is 0 Å². The third kappa shape index (κ3) is 3.32. The maximum absolute atomic E-state index is 14.2. The highest BCUT2D eigenvalue weighted by Crippen LogP contribution is 2.48. The second-order valence-electron chi connectivity index (χ2n) is 9.61. The van der Waals surface area contributed by atoms with E-state index in [1.54, 1.807) is 23.0 Å². The normalized spacial score (nSPS) is 21.5. The minimum absolute atomic E-state index is 0.0184. The van der Waals surface area contributed by atoms with Crippen LogP contribution >= 0.6 is 11.6 Å². The van der Waals surface area contributed by atoms with Crippen molar-refractivity contribution >= 4 is 34.3 Å². The van der Waals surface area contributed by atoms with E-state index in [0.717, 1.165) is 39.0 Å². The fraction of sp³-hybridized carbons (Fsp3) is 0.241. The Balaban J connectivity index is 1.50. The van der Waals surface area contributed by atoms with Crippen molar-refractivity contribution in [3.63, 3.8) is 0 Å². The van der Waals surface area contributed by atoms with Crippen LogP contribution in [-0.4, -0.2) is 46.8 Å². The van der Waals surface area contributed by atoms with Gasteiger partial charge in [0.1, 0.15) is 12.3 Å². The predicted octanol–water partition coefficient (Wildman–Crippen LogP) is 5.06. The highest BCUT2D eigenvalue weighted by atomic mass is 35.5. The number of nitrogens with zero attached hydrogens (tertiary/aromatic N) is 2. The number of nitrogens with one attached hydrogen (secondary N) is 1. The van der Waals surface area contributed by atoms with Crippen molar-refractivity contribution in [2.75, 3.05) is 20.2 Å². The molecule has 4 aromatic rings. The van der Waals surface area contributed by atoms with Gasteiger partial charge in [-0.25, -0.2) is 0 Å². The number of fused-ring (bicyclic) bond motifs is 5. The van der Waals surface area contributed by atoms with Crippen LogP contribution in [0.3, 0.4) is 0 Å². The molecule has 2 aliphatic rings. The Morgan fingerprint density at radius 3 is 2.50 bits per heavy atom. The largest absolute Gasteiger partial charge is 0.497 e. The second kappa shape index (κ2) is 8.42. The van der Waals surface area contributed by atoms with Crippen LogP contribution in [0.5, 0.6) is 5.75 Å². The quantitative estimate of drug-likeness (QED) is 0.427. The van der Waals surface area contributed by atoms with Gasteiger partial charge in [-0.2, -0.15) is 0 Å². The SMILES string of the molecule is COc1ccc(C2CN3C(=O)CN(Cc4ccccc4Cl)C(=O)[C@]3(C)c3[nH]c4ccccc4c32)cc1. The molecule has 6 nitrogen and oxygen atoms in total. The van der Waals surface area contributed by atoms with Crippen LogP contribution in [0.4, 0.5) is 0 Å². The summed E-state index contributed by atoms with van der Waals surface area (Å²) in [5.74, 6) is 0.509. The molecule has 6 rings (SSSR count). The average molecular weight is 500 g/mol. The first-order valence-electron chi connectivity index (χ1n) is 12.0. The average Bonchev–Trinajstić information content (AvgIpc) is 3.29. The van der Waals surface area contributed by atoms with E-state index in [9.17, 15) is 9.59 Å². The van der Waals surface area contributed by atoms with Gasteiger partial charge in [-0.05, 0) is 47.9 Å². The molecule has 3 heterocycles. The van der Waals surface area contributed by atoms with Gasteiger partial charge in [-0.15, -0.1) is 0 Å². The Kier molecular flexibility index (Phi) is 5.30. The summed E-state index contributed by atoms with van der Waals surface area (Å²) in [5.41, 5.74) is 3.54. The Morgan fingerprint density at radius 1 is 1.03 bits per heavy atom. The third-order valence-corrected chi connectivity index (χ3v) is 8.02. The summed E-state index contributed by atoms with van der Waals surface area (Å²) in [4.78, 5) is 34.7. The lowest BCUT2D eigenvalue weighted by Gasteiger charge is -2.51. The van der Waals surface area contributed by atoms with Crippen molar-refractivity contribution < 1.29 is 14.3 Å². The van der Waals surface area contributed by atoms with Crippen LogP contribution < -0.4 is 4.74 Å². The maximum Gasteiger partial charge on any atom is 0.255 e. The molecule has 1 unspecified atom stereocenters. The molecule has 182 valence electrons. The number of carbonyl (C=O) groups excluding carboxylic acids is 2. The fourth-order valence-corrected chi connectivity index (χ4v) is 5.97. The minimum Gasteiger partial charge on any atom is -0.497 e. The lowest BCUT2D eigenvalue weighted by atomic mass is 9.76. The Hall–Kier alpha value is -3.77.